The first-order chi connectivity index (χ1) is 33.9. The number of nitrogens with one attached hydrogen (secondary N) is 1. The molecule has 0 amide bonds. The lowest BCUT2D eigenvalue weighted by Gasteiger charge is -2.09. The van der Waals surface area contributed by atoms with Crippen LogP contribution in [-0.4, -0.2) is 42.7 Å². The maximum atomic E-state index is 5.06. The number of nitrogens with zero attached hydrogens (tertiary/aromatic N) is 3. The lowest BCUT2D eigenvalue weighted by Crippen LogP contribution is -2.22. The molecule has 0 atom stereocenters. The first-order valence-electron chi connectivity index (χ1n) is 25.6. The first kappa shape index (κ1) is 67.6. The fourth-order valence-electron chi connectivity index (χ4n) is 6.43. The van der Waals surface area contributed by atoms with Gasteiger partial charge >= 0.3 is 0 Å². The molecule has 7 aromatic rings. The van der Waals surface area contributed by atoms with Gasteiger partial charge in [0.1, 0.15) is 0 Å². The van der Waals surface area contributed by atoms with E-state index in [-0.39, 0.29) is 20.8 Å². The zero-order valence-electron chi connectivity index (χ0n) is 45.1. The highest BCUT2D eigenvalue weighted by atomic mass is 15.0. The molecule has 0 radical (unpaired) electrons. The van der Waals surface area contributed by atoms with Crippen molar-refractivity contribution in [3.05, 3.63) is 226 Å². The van der Waals surface area contributed by atoms with Crippen molar-refractivity contribution < 1.29 is 0 Å². The molecule has 0 saturated heterocycles. The summed E-state index contributed by atoms with van der Waals surface area (Å²) in [5.74, 6) is 0.193. The van der Waals surface area contributed by atoms with Crippen molar-refractivity contribution in [1.29, 1.82) is 0 Å². The Balaban J connectivity index is 0. The molecule has 5 N–H and O–H groups in total. The number of fused-ring (bicyclic) bond motifs is 1. The summed E-state index contributed by atoms with van der Waals surface area (Å²) >= 11 is 0. The molecule has 0 spiro atoms. The number of aliphatic imine (C=N–C) groups is 2. The van der Waals surface area contributed by atoms with Crippen LogP contribution in [0, 0.1) is 13.8 Å². The van der Waals surface area contributed by atoms with Gasteiger partial charge in [-0.25, -0.2) is 0 Å². The molecular formula is C66H98N6. The summed E-state index contributed by atoms with van der Waals surface area (Å²) < 4.78 is 0. The van der Waals surface area contributed by atoms with Crippen molar-refractivity contribution in [1.82, 2.24) is 9.88 Å². The van der Waals surface area contributed by atoms with Gasteiger partial charge in [0.25, 0.3) is 0 Å². The summed E-state index contributed by atoms with van der Waals surface area (Å²) in [5, 5.41) is 1.36. The van der Waals surface area contributed by atoms with Crippen LogP contribution in [0.2, 0.25) is 0 Å². The summed E-state index contributed by atoms with van der Waals surface area (Å²) in [6.07, 6.45) is 16.2. The predicted octanol–water partition coefficient (Wildman–Crippen LogP) is 17.2. The minimum Gasteiger partial charge on any atom is -0.370 e. The molecular weight excluding hydrogens is 877 g/mol. The van der Waals surface area contributed by atoms with E-state index in [4.69, 9.17) is 11.5 Å². The molecule has 6 aromatic carbocycles. The summed E-state index contributed by atoms with van der Waals surface area (Å²) in [6.45, 7) is 21.1. The molecule has 0 bridgehead atoms. The average Bonchev–Trinajstić information content (AvgIpc) is 4.10. The number of unbranched alkanes of at least 4 members (excludes halogenated alkanes) is 1. The van der Waals surface area contributed by atoms with Crippen LogP contribution in [0.5, 0.6) is 0 Å². The van der Waals surface area contributed by atoms with Crippen molar-refractivity contribution in [3.63, 3.8) is 0 Å². The van der Waals surface area contributed by atoms with E-state index in [1.54, 1.807) is 0 Å². The second kappa shape index (κ2) is 44.4. The highest BCUT2D eigenvalue weighted by molar-refractivity contribution is 5.83. The number of allylic oxidation sites excluding steroid dienone is 2. The summed E-state index contributed by atoms with van der Waals surface area (Å²) in [4.78, 5) is 13.3. The Morgan fingerprint density at radius 1 is 0.528 bits per heavy atom. The molecule has 72 heavy (non-hydrogen) atoms. The van der Waals surface area contributed by atoms with Gasteiger partial charge < -0.3 is 21.4 Å². The largest absolute Gasteiger partial charge is 0.370 e. The molecule has 0 fully saturated rings. The van der Waals surface area contributed by atoms with Gasteiger partial charge in [0, 0.05) is 48.5 Å². The van der Waals surface area contributed by atoms with Crippen LogP contribution in [0.25, 0.3) is 10.9 Å². The Morgan fingerprint density at radius 2 is 0.944 bits per heavy atom. The number of aromatic nitrogens is 1. The third kappa shape index (κ3) is 33.9. The van der Waals surface area contributed by atoms with Crippen LogP contribution in [0.4, 0.5) is 0 Å². The monoisotopic (exact) mass is 975 g/mol. The number of hydrogen-bond acceptors (Lipinski definition) is 3. The Labute approximate surface area is 440 Å². The molecule has 6 nitrogen and oxygen atoms in total. The smallest absolute Gasteiger partial charge is 0.185 e. The molecule has 1 aliphatic heterocycles. The molecule has 0 aliphatic carbocycles. The average molecular weight is 976 g/mol. The normalized spacial score (nSPS) is 10.1. The van der Waals surface area contributed by atoms with E-state index >= 15 is 0 Å². The number of aromatic amines is 1. The van der Waals surface area contributed by atoms with E-state index in [2.05, 4.69) is 230 Å². The molecule has 392 valence electrons. The summed E-state index contributed by atoms with van der Waals surface area (Å²) in [5.41, 5.74) is 23.7. The van der Waals surface area contributed by atoms with Gasteiger partial charge in [-0.05, 0) is 112 Å². The molecule has 1 aliphatic rings. The van der Waals surface area contributed by atoms with Crippen molar-refractivity contribution in [2.24, 2.45) is 21.5 Å². The van der Waals surface area contributed by atoms with Gasteiger partial charge in [-0.1, -0.05) is 245 Å². The zero-order valence-corrected chi connectivity index (χ0v) is 45.1. The van der Waals surface area contributed by atoms with Crippen LogP contribution in [0.3, 0.4) is 0 Å². The predicted molar refractivity (Wildman–Crippen MR) is 325 cm³/mol. The third-order valence-corrected chi connectivity index (χ3v) is 10.8. The number of H-pyrrole nitrogens is 1. The van der Waals surface area contributed by atoms with Crippen molar-refractivity contribution >= 4 is 23.1 Å². The number of guanidine groups is 1. The van der Waals surface area contributed by atoms with Gasteiger partial charge in [-0.2, -0.15) is 0 Å². The van der Waals surface area contributed by atoms with Crippen LogP contribution in [0.1, 0.15) is 134 Å². The van der Waals surface area contributed by atoms with E-state index in [1.807, 2.05) is 48.7 Å². The van der Waals surface area contributed by atoms with Gasteiger partial charge in [0.15, 0.2) is 5.96 Å². The number of para-hydroxylation sites is 1. The minimum absolute atomic E-state index is 0. The van der Waals surface area contributed by atoms with Gasteiger partial charge in [-0.15, -0.1) is 0 Å². The maximum absolute atomic E-state index is 5.06. The number of rotatable bonds is 11. The van der Waals surface area contributed by atoms with Crippen LogP contribution < -0.4 is 11.5 Å². The SMILES string of the molecule is C.C.CCC1=CCC=N1.CCCCN=C(N)N.CCc1c[nH]c2ccccc12.CCc1ccc(C)cc1.CCc1ccc(C)cc1.CCc1ccc(CN(C)C)cc1.CCc1ccccc1.c1ccccc1. The van der Waals surface area contributed by atoms with E-state index in [9.17, 15) is 0 Å². The Morgan fingerprint density at radius 3 is 1.31 bits per heavy atom. The topological polar surface area (TPSA) is 95.8 Å². The number of aryl methyl sites for hydroxylation is 7. The standard InChI is InChI=1S/C11H17N.C10H11N.2C9H12.C8H10.C6H9N.C6H6.C5H13N3.2CH4/c1-4-10-5-7-11(8-6-10)9-12(2)3;1-2-8-7-11-10-6-4-3-5-9(8)10;2*1-3-9-6-4-8(2)5-7-9;1-2-8-6-4-3-5-7-8;1-2-6-4-3-5-7-6;1-2-4-6-5-3-1;1-2-3-4-8-5(6)7;;/h5-8H,4,9H2,1-3H3;3-7,11H,2H2,1H3;2*4-7H,3H2,1-2H3;3-7H,2H2,1H3;4-5H,2-3H2,1H3;1-6H;2-4H2,1H3,(H4,6,7,8);2*1H4. The fraction of sp³-hybridized carbons (Fsp3) is 0.364. The molecule has 8 rings (SSSR count). The fourth-order valence-corrected chi connectivity index (χ4v) is 6.43. The van der Waals surface area contributed by atoms with E-state index < -0.39 is 0 Å². The Bertz CT molecular complexity index is 2280. The second-order valence-electron chi connectivity index (χ2n) is 17.0. The van der Waals surface area contributed by atoms with E-state index in [0.717, 1.165) is 70.9 Å². The van der Waals surface area contributed by atoms with Crippen LogP contribution in [-0.2, 0) is 38.6 Å². The zero-order chi connectivity index (χ0) is 51.6. The lowest BCUT2D eigenvalue weighted by atomic mass is 10.1. The van der Waals surface area contributed by atoms with Crippen LogP contribution in [0.15, 0.2) is 192 Å². The molecule has 6 heteroatoms. The quantitative estimate of drug-likeness (QED) is 0.0684. The number of nitrogens with two attached hydrogens (primary N) is 2. The van der Waals surface area contributed by atoms with Gasteiger partial charge in [0.05, 0.1) is 0 Å². The maximum Gasteiger partial charge on any atom is 0.185 e. The van der Waals surface area contributed by atoms with Gasteiger partial charge in [-0.3, -0.25) is 9.98 Å². The van der Waals surface area contributed by atoms with E-state index in [0.29, 0.717) is 0 Å². The highest BCUT2D eigenvalue weighted by Gasteiger charge is 1.98. The lowest BCUT2D eigenvalue weighted by molar-refractivity contribution is 0.402. The van der Waals surface area contributed by atoms with Crippen molar-refractivity contribution in [3.8, 4) is 0 Å². The third-order valence-electron chi connectivity index (χ3n) is 10.8. The molecule has 0 unspecified atom stereocenters. The summed E-state index contributed by atoms with van der Waals surface area (Å²) in [7, 11) is 4.18. The van der Waals surface area contributed by atoms with Gasteiger partial charge in [0.2, 0.25) is 0 Å². The highest BCUT2D eigenvalue weighted by Crippen LogP contribution is 2.17. The van der Waals surface area contributed by atoms with Crippen molar-refractivity contribution in [2.75, 3.05) is 20.6 Å². The summed E-state index contributed by atoms with van der Waals surface area (Å²) in [6, 6.07) is 57.0. The molecule has 2 heterocycles. The van der Waals surface area contributed by atoms with Crippen molar-refractivity contribution in [2.45, 2.75) is 141 Å². The first-order valence-corrected chi connectivity index (χ1v) is 25.6. The Hall–Kier alpha value is -6.50. The van der Waals surface area contributed by atoms with Crippen LogP contribution >= 0.6 is 0 Å². The number of hydrogen-bond donors (Lipinski definition) is 3. The second-order valence-corrected chi connectivity index (χ2v) is 17.0. The Kier molecular flexibility index (Phi) is 41.7. The molecule has 0 saturated carbocycles. The molecule has 1 aromatic heterocycles. The van der Waals surface area contributed by atoms with E-state index in [1.165, 1.54) is 61.1 Å². The number of benzene rings is 6. The minimum atomic E-state index is 0.